The van der Waals surface area contributed by atoms with Crippen LogP contribution < -0.4 is 0 Å². The lowest BCUT2D eigenvalue weighted by Gasteiger charge is -2.07. The van der Waals surface area contributed by atoms with E-state index in [2.05, 4.69) is 35.4 Å². The number of unbranched alkanes of at least 4 members (excludes halogenated alkanes) is 2. The number of imidazole rings is 1. The van der Waals surface area contributed by atoms with Crippen molar-refractivity contribution in [3.8, 4) is 0 Å². The summed E-state index contributed by atoms with van der Waals surface area (Å²) in [7, 11) is 0. The van der Waals surface area contributed by atoms with Crippen LogP contribution in [-0.2, 0) is 12.8 Å². The third-order valence-corrected chi connectivity index (χ3v) is 5.29. The molecule has 0 radical (unpaired) electrons. The third kappa shape index (κ3) is 2.81. The highest BCUT2D eigenvalue weighted by molar-refractivity contribution is 6.33. The molecule has 3 heterocycles. The Morgan fingerprint density at radius 2 is 1.92 bits per heavy atom. The first kappa shape index (κ1) is 16.5. The molecule has 3 nitrogen and oxygen atoms in total. The monoisotopic (exact) mass is 353 g/mol. The van der Waals surface area contributed by atoms with Gasteiger partial charge >= 0.3 is 0 Å². The molecule has 0 amide bonds. The molecule has 0 aliphatic rings. The van der Waals surface area contributed by atoms with Crippen molar-refractivity contribution in [2.45, 2.75) is 52.4 Å². The Morgan fingerprint density at radius 1 is 1.12 bits per heavy atom. The van der Waals surface area contributed by atoms with Gasteiger partial charge in [0.15, 0.2) is 5.65 Å². The van der Waals surface area contributed by atoms with Gasteiger partial charge in [-0.2, -0.15) is 0 Å². The molecule has 1 N–H and O–H groups in total. The van der Waals surface area contributed by atoms with Crippen molar-refractivity contribution in [3.63, 3.8) is 0 Å². The van der Waals surface area contributed by atoms with Gasteiger partial charge < -0.3 is 4.98 Å². The minimum absolute atomic E-state index is 0.689. The van der Waals surface area contributed by atoms with Gasteiger partial charge in [0.25, 0.3) is 0 Å². The van der Waals surface area contributed by atoms with Gasteiger partial charge in [0.2, 0.25) is 0 Å². The first-order valence-corrected chi connectivity index (χ1v) is 9.70. The first-order valence-electron chi connectivity index (χ1n) is 9.32. The molecule has 4 heteroatoms. The van der Waals surface area contributed by atoms with Crippen molar-refractivity contribution in [1.82, 2.24) is 14.4 Å². The van der Waals surface area contributed by atoms with E-state index in [1.54, 1.807) is 0 Å². The zero-order chi connectivity index (χ0) is 17.4. The predicted octanol–water partition coefficient (Wildman–Crippen LogP) is 6.31. The maximum atomic E-state index is 6.34. The molecule has 4 rings (SSSR count). The lowest BCUT2D eigenvalue weighted by molar-refractivity contribution is 0.783. The van der Waals surface area contributed by atoms with E-state index < -0.39 is 0 Å². The number of pyridine rings is 1. The summed E-state index contributed by atoms with van der Waals surface area (Å²) in [6, 6.07) is 8.57. The third-order valence-electron chi connectivity index (χ3n) is 5.00. The molecular formula is C21H24ClN3. The van der Waals surface area contributed by atoms with Crippen LogP contribution in [0.25, 0.3) is 27.7 Å². The molecule has 25 heavy (non-hydrogen) atoms. The molecule has 0 saturated heterocycles. The molecule has 1 aromatic carbocycles. The summed E-state index contributed by atoms with van der Waals surface area (Å²) in [4.78, 5) is 8.48. The van der Waals surface area contributed by atoms with E-state index in [1.165, 1.54) is 47.7 Å². The van der Waals surface area contributed by atoms with Crippen LogP contribution in [0.1, 0.15) is 50.7 Å². The molecule has 0 unspecified atom stereocenters. The van der Waals surface area contributed by atoms with Gasteiger partial charge in [0.1, 0.15) is 11.2 Å². The second kappa shape index (κ2) is 6.72. The summed E-state index contributed by atoms with van der Waals surface area (Å²) in [5.74, 6) is 0. The average Bonchev–Trinajstić information content (AvgIpc) is 3.16. The first-order chi connectivity index (χ1) is 12.2. The molecule has 3 aromatic heterocycles. The number of aromatic amines is 1. The molecule has 0 fully saturated rings. The van der Waals surface area contributed by atoms with Gasteiger partial charge in [0, 0.05) is 11.6 Å². The maximum Gasteiger partial charge on any atom is 0.157 e. The van der Waals surface area contributed by atoms with Crippen molar-refractivity contribution in [2.24, 2.45) is 0 Å². The summed E-state index contributed by atoms with van der Waals surface area (Å²) < 4.78 is 2.06. The van der Waals surface area contributed by atoms with Gasteiger partial charge in [-0.05, 0) is 55.0 Å². The van der Waals surface area contributed by atoms with Crippen LogP contribution in [0.3, 0.4) is 0 Å². The molecule has 130 valence electrons. The van der Waals surface area contributed by atoms with Crippen LogP contribution >= 0.6 is 11.6 Å². The molecule has 0 saturated carbocycles. The number of aryl methyl sites for hydroxylation is 2. The van der Waals surface area contributed by atoms with Crippen LogP contribution in [0.2, 0.25) is 5.02 Å². The number of halogens is 1. The number of aromatic nitrogens is 3. The highest BCUT2D eigenvalue weighted by atomic mass is 35.5. The normalized spacial score (nSPS) is 12.0. The lowest BCUT2D eigenvalue weighted by Crippen LogP contribution is -1.93. The molecule has 0 spiro atoms. The highest BCUT2D eigenvalue weighted by Gasteiger charge is 2.16. The largest absolute Gasteiger partial charge is 0.339 e. The van der Waals surface area contributed by atoms with Gasteiger partial charge in [-0.3, -0.25) is 4.40 Å². The Bertz CT molecular complexity index is 1040. The second-order valence-electron chi connectivity index (χ2n) is 6.87. The Balaban J connectivity index is 1.97. The van der Waals surface area contributed by atoms with E-state index in [-0.39, 0.29) is 0 Å². The summed E-state index contributed by atoms with van der Waals surface area (Å²) >= 11 is 6.34. The summed E-state index contributed by atoms with van der Waals surface area (Å²) in [5, 5.41) is 1.92. The second-order valence-corrected chi connectivity index (χ2v) is 7.28. The average molecular weight is 354 g/mol. The molecule has 0 atom stereocenters. The Labute approximate surface area is 153 Å². The fraction of sp³-hybridized carbons (Fsp3) is 0.381. The predicted molar refractivity (Wildman–Crippen MR) is 107 cm³/mol. The molecule has 0 bridgehead atoms. The van der Waals surface area contributed by atoms with Crippen LogP contribution in [0.5, 0.6) is 0 Å². The number of nitrogens with zero attached hydrogens (tertiary/aromatic N) is 2. The SMILES string of the molecule is CCCCc1cc(CCCC)c2[nH]c3c(nc4c(Cl)cccn43)c2c1. The number of H-pyrrole nitrogens is 1. The lowest BCUT2D eigenvalue weighted by atomic mass is 9.99. The molecule has 0 aliphatic heterocycles. The standard InChI is InChI=1S/C21H24ClN3/c1-3-5-8-14-12-15(9-6-4-2)18-16(13-14)19-21(23-18)25-11-7-10-17(22)20(25)24-19/h7,10-13,23H,3-6,8-9H2,1-2H3. The number of fused-ring (bicyclic) bond motifs is 5. The van der Waals surface area contributed by atoms with Crippen LogP contribution in [-0.4, -0.2) is 14.4 Å². The summed E-state index contributed by atoms with van der Waals surface area (Å²) in [5.41, 5.74) is 6.96. The van der Waals surface area contributed by atoms with E-state index in [4.69, 9.17) is 16.6 Å². The van der Waals surface area contributed by atoms with Crippen LogP contribution in [0.15, 0.2) is 30.5 Å². The van der Waals surface area contributed by atoms with Gasteiger partial charge in [0.05, 0.1) is 10.5 Å². The van der Waals surface area contributed by atoms with E-state index in [0.29, 0.717) is 5.02 Å². The van der Waals surface area contributed by atoms with Gasteiger partial charge in [-0.25, -0.2) is 4.98 Å². The van der Waals surface area contributed by atoms with Crippen LogP contribution in [0, 0.1) is 0 Å². The number of rotatable bonds is 6. The topological polar surface area (TPSA) is 33.1 Å². The van der Waals surface area contributed by atoms with Crippen molar-refractivity contribution in [3.05, 3.63) is 46.6 Å². The van der Waals surface area contributed by atoms with Crippen molar-refractivity contribution in [2.75, 3.05) is 0 Å². The minimum Gasteiger partial charge on any atom is -0.339 e. The Kier molecular flexibility index (Phi) is 4.43. The summed E-state index contributed by atoms with van der Waals surface area (Å²) in [6.07, 6.45) is 9.13. The molecule has 4 aromatic rings. The number of nitrogens with one attached hydrogen (secondary N) is 1. The number of benzene rings is 1. The Hall–Kier alpha value is -2.00. The van der Waals surface area contributed by atoms with E-state index in [9.17, 15) is 0 Å². The fourth-order valence-electron chi connectivity index (χ4n) is 3.65. The van der Waals surface area contributed by atoms with Crippen molar-refractivity contribution in [1.29, 1.82) is 0 Å². The van der Waals surface area contributed by atoms with E-state index in [0.717, 1.165) is 29.7 Å². The zero-order valence-electron chi connectivity index (χ0n) is 14.9. The Morgan fingerprint density at radius 3 is 2.72 bits per heavy atom. The molecule has 0 aliphatic carbocycles. The number of hydrogen-bond acceptors (Lipinski definition) is 1. The van der Waals surface area contributed by atoms with Gasteiger partial charge in [-0.1, -0.05) is 44.4 Å². The van der Waals surface area contributed by atoms with Crippen molar-refractivity contribution >= 4 is 39.3 Å². The minimum atomic E-state index is 0.689. The zero-order valence-corrected chi connectivity index (χ0v) is 15.7. The van der Waals surface area contributed by atoms with E-state index >= 15 is 0 Å². The maximum absolute atomic E-state index is 6.34. The van der Waals surface area contributed by atoms with Crippen LogP contribution in [0.4, 0.5) is 0 Å². The smallest absolute Gasteiger partial charge is 0.157 e. The van der Waals surface area contributed by atoms with Gasteiger partial charge in [-0.15, -0.1) is 0 Å². The van der Waals surface area contributed by atoms with Crippen molar-refractivity contribution < 1.29 is 0 Å². The fourth-order valence-corrected chi connectivity index (χ4v) is 3.86. The summed E-state index contributed by atoms with van der Waals surface area (Å²) in [6.45, 7) is 4.49. The quantitative estimate of drug-likeness (QED) is 0.433. The van der Waals surface area contributed by atoms with E-state index in [1.807, 2.05) is 18.3 Å². The number of hydrogen-bond donors (Lipinski definition) is 1. The highest BCUT2D eigenvalue weighted by Crippen LogP contribution is 2.32. The molecular weight excluding hydrogens is 330 g/mol.